The Kier molecular flexibility index (Phi) is 23.8. The topological polar surface area (TPSA) is 134 Å². The van der Waals surface area contributed by atoms with Crippen LogP contribution < -0.4 is 0 Å². The van der Waals surface area contributed by atoms with Crippen molar-refractivity contribution in [1.82, 2.24) is 0 Å². The first-order chi connectivity index (χ1) is 38.4. The second-order valence-corrected chi connectivity index (χ2v) is 41.1. The van der Waals surface area contributed by atoms with Crippen molar-refractivity contribution in [3.8, 4) is 0 Å². The highest BCUT2D eigenvalue weighted by atomic mass is 127. The van der Waals surface area contributed by atoms with E-state index in [2.05, 4.69) is 151 Å². The van der Waals surface area contributed by atoms with E-state index in [0.29, 0.717) is 25.2 Å². The summed E-state index contributed by atoms with van der Waals surface area (Å²) >= 11 is 2.29. The molecule has 16 heteroatoms. The summed E-state index contributed by atoms with van der Waals surface area (Å²) < 4.78 is 95.1. The van der Waals surface area contributed by atoms with Crippen molar-refractivity contribution in [2.45, 2.75) is 299 Å². The van der Waals surface area contributed by atoms with E-state index in [1.54, 1.807) is 12.1 Å². The van der Waals surface area contributed by atoms with E-state index in [9.17, 15) is 0 Å². The Morgan fingerprint density at radius 2 is 1.45 bits per heavy atom. The largest absolute Gasteiger partial charge is 0.411 e. The third-order valence-electron chi connectivity index (χ3n) is 20.8. The van der Waals surface area contributed by atoms with E-state index in [1.165, 1.54) is 0 Å². The molecule has 0 aromatic heterocycles. The van der Waals surface area contributed by atoms with Gasteiger partial charge in [-0.25, -0.2) is 8.42 Å². The van der Waals surface area contributed by atoms with Crippen LogP contribution in [-0.2, 0) is 63.1 Å². The van der Waals surface area contributed by atoms with Crippen molar-refractivity contribution in [3.05, 3.63) is 64.3 Å². The molecule has 1 aromatic rings. The Balaban J connectivity index is 1.15. The molecule has 82 heavy (non-hydrogen) atoms. The van der Waals surface area contributed by atoms with E-state index >= 15 is 13.2 Å². The summed E-state index contributed by atoms with van der Waals surface area (Å²) in [6.07, 6.45) is 8.42. The molecule has 6 saturated heterocycles. The fourth-order valence-corrected chi connectivity index (χ4v) is 18.3. The molecule has 18 atom stereocenters. The van der Waals surface area contributed by atoms with Gasteiger partial charge in [-0.1, -0.05) is 137 Å². The predicted molar refractivity (Wildman–Crippen MR) is 342 cm³/mol. The van der Waals surface area contributed by atoms with Gasteiger partial charge in [0.25, 0.3) is 0 Å². The van der Waals surface area contributed by atoms with Gasteiger partial charge in [-0.05, 0) is 157 Å². The number of carbonyl (C=O) groups is 1. The maximum Gasteiger partial charge on any atom is 0.193 e. The van der Waals surface area contributed by atoms with Gasteiger partial charge < -0.3 is 42.0 Å². The first-order valence-corrected chi connectivity index (χ1v) is 40.3. The number of carbonyl (C=O) groups excluding carboxylic acids is 1. The molecule has 1 unspecified atom stereocenters. The van der Waals surface area contributed by atoms with Crippen molar-refractivity contribution in [2.24, 2.45) is 29.6 Å². The quantitative estimate of drug-likeness (QED) is 0.0554. The molecular formula is C66H109IO12SSi2. The molecule has 6 aliphatic heterocycles. The molecule has 1 aromatic carbocycles. The Labute approximate surface area is 512 Å². The monoisotopic (exact) mass is 1310 g/mol. The van der Waals surface area contributed by atoms with E-state index in [1.807, 2.05) is 16.2 Å². The van der Waals surface area contributed by atoms with Gasteiger partial charge in [-0.2, -0.15) is 0 Å². The fourth-order valence-electron chi connectivity index (χ4n) is 13.2. The van der Waals surface area contributed by atoms with Gasteiger partial charge in [0, 0.05) is 31.1 Å². The molecule has 0 spiro atoms. The minimum Gasteiger partial charge on any atom is -0.411 e. The standard InChI is InChI=1S/C66H109IO12SSi2/c1-19-41(3)36-56-45(7)60(58(76-56)40-57-44(6)42(4)37-48(74-57)24-29-53-43(5)38-49(73-53)26-31-59-71-34-21-35-72-59)64(80(69,70)51-27-22-47(20-2)23-28-51)52(68)39-50-25-30-54-61(75-50)46(8)62(79-82(17,18)66(12,13)14)63(77-54)55(32-33-67)78-81(15,16)65(9,10)11/h22-23,27-28,32-33,41-42,45-46,48-50,53-64H,5-6,19-21,24-26,29-31,34-40H2,1-4,7-18H3/b33-32+/t41-,42-,45+,46+,48+,49+,50-,53+,54+,55+,56-,57-,58+,60-,61-,62+,63+,64?/m1/s1. The Hall–Kier alpha value is -1.14. The number of rotatable bonds is 24. The molecule has 466 valence electrons. The van der Waals surface area contributed by atoms with E-state index in [4.69, 9.17) is 42.0 Å². The molecule has 6 fully saturated rings. The zero-order valence-electron chi connectivity index (χ0n) is 53.3. The third-order valence-corrected chi connectivity index (χ3v) is 32.3. The molecule has 7 rings (SSSR count). The highest BCUT2D eigenvalue weighted by molar-refractivity contribution is 14.1. The van der Waals surface area contributed by atoms with Crippen LogP contribution in [0.1, 0.15) is 172 Å². The molecular weight excluding hydrogens is 1200 g/mol. The van der Waals surface area contributed by atoms with Gasteiger partial charge in [0.2, 0.25) is 0 Å². The average Bonchev–Trinajstić information content (AvgIpc) is 3.84. The molecule has 12 nitrogen and oxygen atoms in total. The average molecular weight is 1310 g/mol. The van der Waals surface area contributed by atoms with Gasteiger partial charge in [-0.15, -0.1) is 0 Å². The van der Waals surface area contributed by atoms with E-state index < -0.39 is 49.8 Å². The van der Waals surface area contributed by atoms with Crippen molar-refractivity contribution >= 4 is 54.8 Å². The maximum atomic E-state index is 15.8. The predicted octanol–water partition coefficient (Wildman–Crippen LogP) is 15.3. The summed E-state index contributed by atoms with van der Waals surface area (Å²) in [5.41, 5.74) is 3.14. The van der Waals surface area contributed by atoms with E-state index in [-0.39, 0.29) is 112 Å². The summed E-state index contributed by atoms with van der Waals surface area (Å²) in [4.78, 5) is 16.0. The minimum atomic E-state index is -4.26. The van der Waals surface area contributed by atoms with Crippen molar-refractivity contribution in [3.63, 3.8) is 0 Å². The van der Waals surface area contributed by atoms with Crippen LogP contribution in [0.3, 0.4) is 0 Å². The van der Waals surface area contributed by atoms with Crippen molar-refractivity contribution in [1.29, 1.82) is 0 Å². The maximum absolute atomic E-state index is 15.8. The molecule has 0 saturated carbocycles. The third kappa shape index (κ3) is 16.4. The Bertz CT molecular complexity index is 2410. The first-order valence-electron chi connectivity index (χ1n) is 31.7. The van der Waals surface area contributed by atoms with Gasteiger partial charge in [0.15, 0.2) is 38.5 Å². The number of aryl methyl sites for hydroxylation is 1. The van der Waals surface area contributed by atoms with Gasteiger partial charge in [-0.3, -0.25) is 4.79 Å². The van der Waals surface area contributed by atoms with Crippen LogP contribution in [0.2, 0.25) is 36.3 Å². The lowest BCUT2D eigenvalue weighted by molar-refractivity contribution is -0.251. The molecule has 0 N–H and O–H groups in total. The van der Waals surface area contributed by atoms with Crippen molar-refractivity contribution < 1.29 is 55.2 Å². The summed E-state index contributed by atoms with van der Waals surface area (Å²) in [5.74, 6) is -0.833. The summed E-state index contributed by atoms with van der Waals surface area (Å²) in [6, 6.07) is 7.15. The number of sulfone groups is 1. The number of hydrogen-bond donors (Lipinski definition) is 0. The number of benzene rings is 1. The normalized spacial score (nSPS) is 34.1. The Morgan fingerprint density at radius 3 is 2.07 bits per heavy atom. The summed E-state index contributed by atoms with van der Waals surface area (Å²) in [5, 5.41) is -1.47. The zero-order valence-corrected chi connectivity index (χ0v) is 58.3. The molecule has 0 bridgehead atoms. The lowest BCUT2D eigenvalue weighted by Gasteiger charge is -2.54. The van der Waals surface area contributed by atoms with Gasteiger partial charge >= 0.3 is 0 Å². The molecule has 0 amide bonds. The zero-order chi connectivity index (χ0) is 60.3. The Morgan fingerprint density at radius 1 is 0.805 bits per heavy atom. The number of fused-ring (bicyclic) bond motifs is 1. The lowest BCUT2D eigenvalue weighted by Crippen LogP contribution is -2.64. The van der Waals surface area contributed by atoms with Crippen LogP contribution in [-0.4, -0.2) is 129 Å². The van der Waals surface area contributed by atoms with Crippen molar-refractivity contribution in [2.75, 3.05) is 13.2 Å². The van der Waals surface area contributed by atoms with Gasteiger partial charge in [0.1, 0.15) is 11.4 Å². The number of hydrogen-bond acceptors (Lipinski definition) is 12. The first kappa shape index (κ1) is 68.4. The fraction of sp³-hybridized carbons (Fsp3) is 0.803. The second kappa shape index (κ2) is 28.6. The van der Waals surface area contributed by atoms with Crippen LogP contribution in [0.15, 0.2) is 63.6 Å². The smallest absolute Gasteiger partial charge is 0.193 e. The molecule has 0 aliphatic carbocycles. The number of Topliss-reactive ketones (excluding diaryl/α,β-unsaturated/α-hetero) is 1. The number of ether oxygens (including phenoxy) is 7. The lowest BCUT2D eigenvalue weighted by atomic mass is 9.78. The van der Waals surface area contributed by atoms with Crippen LogP contribution in [0.25, 0.3) is 0 Å². The number of halogens is 1. The number of ketones is 1. The molecule has 0 radical (unpaired) electrons. The van der Waals surface area contributed by atoms with Crippen LogP contribution in [0.4, 0.5) is 0 Å². The second-order valence-electron chi connectivity index (χ2n) is 28.8. The molecule has 6 heterocycles. The van der Waals surface area contributed by atoms with Crippen LogP contribution >= 0.6 is 22.6 Å². The summed E-state index contributed by atoms with van der Waals surface area (Å²) in [7, 11) is -8.92. The highest BCUT2D eigenvalue weighted by Gasteiger charge is 2.57. The minimum absolute atomic E-state index is 0.0219. The highest BCUT2D eigenvalue weighted by Crippen LogP contribution is 2.49. The van der Waals surface area contributed by atoms with Crippen LogP contribution in [0, 0.1) is 29.6 Å². The SMILES string of the molecule is C=C1C[C@H](CCC2OCCCO2)O[C@H]1CC[C@H]1C[C@@H](C)C(=C)[C@@H](C[C@@H]2O[C@H](C[C@H](C)CC)[C@H](C)[C@H]2C(C(=O)C[C@H]2CC[C@@H]3O[C@@H]([C@H](/C=C/I)O[Si](C)(C)C(C)(C)C)[C@@H](O[Si](C)(C)C(C)(C)C)[C@@H](C)[C@H]3O2)S(=O)(=O)c2ccc(CC)cc2)O1. The van der Waals surface area contributed by atoms with Gasteiger partial charge in [0.05, 0.1) is 85.3 Å². The molecule has 6 aliphatic rings. The summed E-state index contributed by atoms with van der Waals surface area (Å²) in [6.45, 7) is 46.3. The van der Waals surface area contributed by atoms with E-state index in [0.717, 1.165) is 94.1 Å². The van der Waals surface area contributed by atoms with Crippen LogP contribution in [0.5, 0.6) is 0 Å².